The molecule has 0 aliphatic rings. The average Bonchev–Trinajstić information content (AvgIpc) is 2.66. The zero-order chi connectivity index (χ0) is 18.9. The molecule has 0 spiro atoms. The molecule has 0 bridgehead atoms. The van der Waals surface area contributed by atoms with E-state index in [9.17, 15) is 9.59 Å². The van der Waals surface area contributed by atoms with Crippen LogP contribution in [0.3, 0.4) is 0 Å². The molecule has 138 valence electrons. The first kappa shape index (κ1) is 20.4. The third-order valence-corrected chi connectivity index (χ3v) is 7.09. The molecule has 0 heterocycles. The molecule has 2 aromatic carbocycles. The monoisotopic (exact) mass is 467 g/mol. The minimum Gasteiger partial charge on any atom is -0.497 e. The lowest BCUT2D eigenvalue weighted by molar-refractivity contribution is -0.598. The second kappa shape index (κ2) is 10.3. The molecule has 0 aromatic heterocycles. The van der Waals surface area contributed by atoms with Crippen molar-refractivity contribution in [2.45, 2.75) is 26.2 Å². The Balaban J connectivity index is 2.11. The van der Waals surface area contributed by atoms with Gasteiger partial charge in [-0.3, -0.25) is 9.59 Å². The molecule has 2 rings (SSSR count). The van der Waals surface area contributed by atoms with Gasteiger partial charge in [0.2, 0.25) is 0 Å². The first-order valence-electron chi connectivity index (χ1n) is 8.50. The van der Waals surface area contributed by atoms with Crippen molar-refractivity contribution in [3.8, 4) is 5.75 Å². The molecule has 2 aromatic rings. The first-order chi connectivity index (χ1) is 12.5. The highest BCUT2D eigenvalue weighted by Crippen LogP contribution is 2.17. The van der Waals surface area contributed by atoms with Crippen molar-refractivity contribution < 1.29 is 40.3 Å². The number of carbonyl (C=O) groups excluding carboxylic acids is 2. The highest BCUT2D eigenvalue weighted by Gasteiger charge is 2.25. The molecule has 0 saturated carbocycles. The van der Waals surface area contributed by atoms with Crippen molar-refractivity contribution >= 4 is 11.8 Å². The summed E-state index contributed by atoms with van der Waals surface area (Å²) in [6.07, 6.45) is 2.06. The van der Waals surface area contributed by atoms with Gasteiger partial charge in [0.25, 0.3) is 0 Å². The van der Waals surface area contributed by atoms with E-state index in [1.165, 1.54) is 26.7 Å². The van der Waals surface area contributed by atoms with E-state index in [1.54, 1.807) is 7.11 Å². The molecule has 0 N–H and O–H groups in total. The molecule has 0 aliphatic heterocycles. The van der Waals surface area contributed by atoms with Crippen LogP contribution in [-0.2, 0) is 20.7 Å². The fraction of sp³-hybridized carbons (Fsp3) is 0.333. The Morgan fingerprint density at radius 3 is 2.42 bits per heavy atom. The van der Waals surface area contributed by atoms with E-state index in [1.807, 2.05) is 12.1 Å². The fourth-order valence-corrected chi connectivity index (χ4v) is 5.26. The molecule has 4 nitrogen and oxygen atoms in total. The molecule has 0 radical (unpaired) electrons. The van der Waals surface area contributed by atoms with Crippen LogP contribution in [0.1, 0.15) is 25.3 Å². The van der Waals surface area contributed by atoms with Crippen LogP contribution in [0.2, 0.25) is 0 Å². The van der Waals surface area contributed by atoms with E-state index in [2.05, 4.69) is 36.4 Å². The standard InChI is InChI=1S/C21H24IO4/c1-15(23)19(21(24)26-3)11-7-8-16-14-18(25-2)12-13-20(16)22-17-9-5-4-6-10-17/h4-6,9-10,12-14,19H,7-8,11H2,1-3H3/q+1. The van der Waals surface area contributed by atoms with Crippen molar-refractivity contribution in [2.24, 2.45) is 5.92 Å². The molecule has 0 amide bonds. The van der Waals surface area contributed by atoms with E-state index in [0.717, 1.165) is 18.6 Å². The minimum atomic E-state index is -0.669. The number of rotatable bonds is 9. The molecule has 0 fully saturated rings. The Bertz CT molecular complexity index is 743. The fourth-order valence-electron chi connectivity index (χ4n) is 2.68. The van der Waals surface area contributed by atoms with Gasteiger partial charge >= 0.3 is 27.2 Å². The Morgan fingerprint density at radius 1 is 1.08 bits per heavy atom. The number of ether oxygens (including phenoxy) is 2. The van der Waals surface area contributed by atoms with Crippen LogP contribution in [0, 0.1) is 13.1 Å². The quantitative estimate of drug-likeness (QED) is 0.307. The molecule has 0 aliphatic carbocycles. The van der Waals surface area contributed by atoms with Crippen molar-refractivity contribution in [1.29, 1.82) is 0 Å². The van der Waals surface area contributed by atoms with E-state index >= 15 is 0 Å². The Morgan fingerprint density at radius 2 is 1.81 bits per heavy atom. The lowest BCUT2D eigenvalue weighted by Crippen LogP contribution is -3.61. The van der Waals surface area contributed by atoms with Gasteiger partial charge in [-0.2, -0.15) is 0 Å². The lowest BCUT2D eigenvalue weighted by Gasteiger charge is -2.11. The topological polar surface area (TPSA) is 52.6 Å². The Hall–Kier alpha value is -1.89. The zero-order valence-corrected chi connectivity index (χ0v) is 17.5. The van der Waals surface area contributed by atoms with Gasteiger partial charge in [-0.1, -0.05) is 18.2 Å². The summed E-state index contributed by atoms with van der Waals surface area (Å²) < 4.78 is 12.8. The van der Waals surface area contributed by atoms with E-state index in [0.29, 0.717) is 6.42 Å². The van der Waals surface area contributed by atoms with Gasteiger partial charge in [0.1, 0.15) is 17.5 Å². The van der Waals surface area contributed by atoms with Crippen molar-refractivity contribution in [3.05, 3.63) is 61.2 Å². The third kappa shape index (κ3) is 5.83. The normalized spacial score (nSPS) is 11.7. The summed E-state index contributed by atoms with van der Waals surface area (Å²) >= 11 is -0.288. The maximum Gasteiger partial charge on any atom is 0.358 e. The van der Waals surface area contributed by atoms with Gasteiger partial charge in [-0.25, -0.2) is 0 Å². The van der Waals surface area contributed by atoms with Crippen molar-refractivity contribution in [3.63, 3.8) is 0 Å². The number of halogens is 1. The first-order valence-corrected chi connectivity index (χ1v) is 10.7. The summed E-state index contributed by atoms with van der Waals surface area (Å²) in [5.41, 5.74) is 1.23. The smallest absolute Gasteiger partial charge is 0.358 e. The number of esters is 1. The van der Waals surface area contributed by atoms with Crippen LogP contribution in [0.4, 0.5) is 0 Å². The van der Waals surface area contributed by atoms with E-state index < -0.39 is 11.9 Å². The summed E-state index contributed by atoms with van der Waals surface area (Å²) in [7, 11) is 2.98. The Kier molecular flexibility index (Phi) is 8.09. The maximum atomic E-state index is 11.7. The summed E-state index contributed by atoms with van der Waals surface area (Å²) in [4.78, 5) is 23.4. The predicted molar refractivity (Wildman–Crippen MR) is 96.0 cm³/mol. The number of hydrogen-bond donors (Lipinski definition) is 0. The molecule has 5 heteroatoms. The van der Waals surface area contributed by atoms with Crippen molar-refractivity contribution in [1.82, 2.24) is 0 Å². The number of aryl methyl sites for hydroxylation is 1. The maximum absolute atomic E-state index is 11.7. The summed E-state index contributed by atoms with van der Waals surface area (Å²) in [6, 6.07) is 16.7. The highest BCUT2D eigenvalue weighted by atomic mass is 127. The van der Waals surface area contributed by atoms with Gasteiger partial charge in [0.15, 0.2) is 7.14 Å². The van der Waals surface area contributed by atoms with Gasteiger partial charge in [-0.05, 0) is 56.5 Å². The van der Waals surface area contributed by atoms with Crippen LogP contribution in [-0.4, -0.2) is 26.0 Å². The molecule has 1 atom stereocenters. The number of benzene rings is 2. The number of methoxy groups -OCH3 is 2. The Labute approximate surface area is 165 Å². The highest BCUT2D eigenvalue weighted by molar-refractivity contribution is 5.97. The summed E-state index contributed by atoms with van der Waals surface area (Å²) in [6.45, 7) is 1.44. The van der Waals surface area contributed by atoms with Crippen LogP contribution in [0.15, 0.2) is 48.5 Å². The third-order valence-electron chi connectivity index (χ3n) is 4.11. The van der Waals surface area contributed by atoms with E-state index in [-0.39, 0.29) is 27.0 Å². The largest absolute Gasteiger partial charge is 0.497 e. The van der Waals surface area contributed by atoms with Gasteiger partial charge < -0.3 is 9.47 Å². The van der Waals surface area contributed by atoms with Gasteiger partial charge in [-0.15, -0.1) is 0 Å². The molecular weight excluding hydrogens is 443 g/mol. The SMILES string of the molecule is COC(=O)C(CCCc1cc(OC)ccc1[I+]c1ccccc1)C(C)=O. The molecule has 0 saturated heterocycles. The van der Waals surface area contributed by atoms with Crippen molar-refractivity contribution in [2.75, 3.05) is 14.2 Å². The lowest BCUT2D eigenvalue weighted by atomic mass is 9.96. The van der Waals surface area contributed by atoms with Crippen LogP contribution in [0.5, 0.6) is 5.75 Å². The predicted octanol–water partition coefficient (Wildman–Crippen LogP) is 0.525. The number of hydrogen-bond acceptors (Lipinski definition) is 4. The molecule has 1 unspecified atom stereocenters. The molecule has 26 heavy (non-hydrogen) atoms. The number of ketones is 1. The van der Waals surface area contributed by atoms with Crippen LogP contribution >= 0.6 is 0 Å². The van der Waals surface area contributed by atoms with E-state index in [4.69, 9.17) is 9.47 Å². The van der Waals surface area contributed by atoms with Gasteiger partial charge in [0, 0.05) is 5.56 Å². The second-order valence-corrected chi connectivity index (χ2v) is 8.87. The second-order valence-electron chi connectivity index (χ2n) is 5.93. The zero-order valence-electron chi connectivity index (χ0n) is 15.3. The summed E-state index contributed by atoms with van der Waals surface area (Å²) in [5.74, 6) is -0.422. The van der Waals surface area contributed by atoms with Gasteiger partial charge in [0.05, 0.1) is 14.2 Å². The average molecular weight is 467 g/mol. The molecular formula is C21H24IO4+. The number of carbonyl (C=O) groups is 2. The number of Topliss-reactive ketones (excluding diaryl/α,β-unsaturated/α-hetero) is 1. The van der Waals surface area contributed by atoms with Crippen LogP contribution < -0.4 is 25.9 Å². The van der Waals surface area contributed by atoms with Crippen LogP contribution in [0.25, 0.3) is 0 Å². The summed E-state index contributed by atoms with van der Waals surface area (Å²) in [5, 5.41) is 0. The minimum absolute atomic E-state index is 0.139.